The number of rotatable bonds is 5. The summed E-state index contributed by atoms with van der Waals surface area (Å²) in [6, 6.07) is 10.3. The maximum Gasteiger partial charge on any atom is 0.111 e. The summed E-state index contributed by atoms with van der Waals surface area (Å²) in [4.78, 5) is 7.17. The van der Waals surface area contributed by atoms with E-state index in [2.05, 4.69) is 32.8 Å². The third-order valence-electron chi connectivity index (χ3n) is 5.91. The van der Waals surface area contributed by atoms with E-state index in [-0.39, 0.29) is 0 Å². The van der Waals surface area contributed by atoms with Crippen LogP contribution in [0.15, 0.2) is 36.7 Å². The predicted molar refractivity (Wildman–Crippen MR) is 98.0 cm³/mol. The average Bonchev–Trinajstić information content (AvgIpc) is 3.08. The van der Waals surface area contributed by atoms with Crippen LogP contribution in [0.5, 0.6) is 0 Å². The molecular formula is C21H26N4. The Labute approximate surface area is 150 Å². The highest BCUT2D eigenvalue weighted by Gasteiger charge is 2.26. The molecule has 2 aromatic rings. The van der Waals surface area contributed by atoms with E-state index in [0.717, 1.165) is 56.1 Å². The minimum atomic E-state index is 0.581. The van der Waals surface area contributed by atoms with Crippen LogP contribution in [0.4, 0.5) is 0 Å². The molecule has 4 rings (SSSR count). The SMILES string of the molecule is N#Cc1ccccc1CN1CCC(c2nccn2CC2CCC2)CC1. The maximum absolute atomic E-state index is 9.26. The Kier molecular flexibility index (Phi) is 4.85. The van der Waals surface area contributed by atoms with Crippen LogP contribution in [0.3, 0.4) is 0 Å². The first-order valence-electron chi connectivity index (χ1n) is 9.55. The fourth-order valence-corrected chi connectivity index (χ4v) is 4.15. The molecule has 0 spiro atoms. The summed E-state index contributed by atoms with van der Waals surface area (Å²) < 4.78 is 2.41. The minimum Gasteiger partial charge on any atom is -0.334 e. The van der Waals surface area contributed by atoms with Crippen LogP contribution in [0.25, 0.3) is 0 Å². The van der Waals surface area contributed by atoms with Gasteiger partial charge in [0.1, 0.15) is 5.82 Å². The van der Waals surface area contributed by atoms with Crippen LogP contribution < -0.4 is 0 Å². The fraction of sp³-hybridized carbons (Fsp3) is 0.524. The molecular weight excluding hydrogens is 308 g/mol. The number of piperidine rings is 1. The van der Waals surface area contributed by atoms with Gasteiger partial charge in [-0.25, -0.2) is 4.98 Å². The highest BCUT2D eigenvalue weighted by Crippen LogP contribution is 2.32. The third kappa shape index (κ3) is 3.62. The molecule has 0 unspecified atom stereocenters. The monoisotopic (exact) mass is 334 g/mol. The largest absolute Gasteiger partial charge is 0.334 e. The summed E-state index contributed by atoms with van der Waals surface area (Å²) in [5.41, 5.74) is 1.95. The second-order valence-electron chi connectivity index (χ2n) is 7.55. The number of hydrogen-bond donors (Lipinski definition) is 0. The molecule has 0 bridgehead atoms. The van der Waals surface area contributed by atoms with Crippen molar-refractivity contribution in [3.05, 3.63) is 53.6 Å². The number of likely N-dealkylation sites (tertiary alicyclic amines) is 1. The molecule has 0 radical (unpaired) electrons. The Morgan fingerprint density at radius 2 is 1.92 bits per heavy atom. The van der Waals surface area contributed by atoms with Crippen LogP contribution in [-0.2, 0) is 13.1 Å². The second kappa shape index (κ2) is 7.41. The van der Waals surface area contributed by atoms with E-state index in [1.54, 1.807) is 0 Å². The van der Waals surface area contributed by atoms with E-state index in [4.69, 9.17) is 0 Å². The first-order valence-corrected chi connectivity index (χ1v) is 9.55. The van der Waals surface area contributed by atoms with Crippen LogP contribution in [0.2, 0.25) is 0 Å². The van der Waals surface area contributed by atoms with Gasteiger partial charge in [-0.2, -0.15) is 5.26 Å². The van der Waals surface area contributed by atoms with Gasteiger partial charge in [0.05, 0.1) is 11.6 Å². The van der Waals surface area contributed by atoms with Crippen LogP contribution in [0, 0.1) is 17.2 Å². The van der Waals surface area contributed by atoms with Crippen molar-refractivity contribution in [2.75, 3.05) is 13.1 Å². The van der Waals surface area contributed by atoms with Gasteiger partial charge in [-0.1, -0.05) is 24.6 Å². The smallest absolute Gasteiger partial charge is 0.111 e. The first kappa shape index (κ1) is 16.4. The van der Waals surface area contributed by atoms with Gasteiger partial charge in [-0.3, -0.25) is 4.90 Å². The zero-order valence-corrected chi connectivity index (χ0v) is 14.8. The molecule has 1 aromatic carbocycles. The molecule has 1 aliphatic heterocycles. The lowest BCUT2D eigenvalue weighted by molar-refractivity contribution is 0.197. The van der Waals surface area contributed by atoms with Crippen molar-refractivity contribution >= 4 is 0 Å². The Morgan fingerprint density at radius 3 is 2.64 bits per heavy atom. The summed E-state index contributed by atoms with van der Waals surface area (Å²) in [7, 11) is 0. The van der Waals surface area contributed by atoms with Crippen LogP contribution in [-0.4, -0.2) is 27.5 Å². The van der Waals surface area contributed by atoms with E-state index in [0.29, 0.717) is 5.92 Å². The van der Waals surface area contributed by atoms with E-state index in [1.807, 2.05) is 24.4 Å². The number of benzene rings is 1. The predicted octanol–water partition coefficient (Wildman–Crippen LogP) is 3.93. The molecule has 1 saturated heterocycles. The Morgan fingerprint density at radius 1 is 1.12 bits per heavy atom. The summed E-state index contributed by atoms with van der Waals surface area (Å²) in [5.74, 6) is 2.75. The van der Waals surface area contributed by atoms with Gasteiger partial charge in [0.25, 0.3) is 0 Å². The average molecular weight is 334 g/mol. The molecule has 4 nitrogen and oxygen atoms in total. The van der Waals surface area contributed by atoms with Crippen molar-refractivity contribution in [1.29, 1.82) is 5.26 Å². The van der Waals surface area contributed by atoms with Gasteiger partial charge in [0.2, 0.25) is 0 Å². The molecule has 1 aliphatic carbocycles. The highest BCUT2D eigenvalue weighted by atomic mass is 15.1. The van der Waals surface area contributed by atoms with Gasteiger partial charge >= 0.3 is 0 Å². The molecule has 2 aliphatic rings. The van der Waals surface area contributed by atoms with Crippen molar-refractivity contribution < 1.29 is 0 Å². The minimum absolute atomic E-state index is 0.581. The standard InChI is InChI=1S/C21H26N4/c22-14-19-6-1-2-7-20(19)16-24-11-8-18(9-12-24)21-23-10-13-25(21)15-17-4-3-5-17/h1-2,6-7,10,13,17-18H,3-5,8-9,11-12,15-16H2. The first-order chi connectivity index (χ1) is 12.3. The fourth-order valence-electron chi connectivity index (χ4n) is 4.15. The zero-order valence-electron chi connectivity index (χ0n) is 14.8. The quantitative estimate of drug-likeness (QED) is 0.832. The molecule has 25 heavy (non-hydrogen) atoms. The Bertz CT molecular complexity index is 745. The van der Waals surface area contributed by atoms with Crippen LogP contribution in [0.1, 0.15) is 55.0 Å². The normalized spacial score (nSPS) is 19.5. The molecule has 0 amide bonds. The van der Waals surface area contributed by atoms with E-state index < -0.39 is 0 Å². The number of nitrogens with zero attached hydrogens (tertiary/aromatic N) is 4. The topological polar surface area (TPSA) is 44.9 Å². The third-order valence-corrected chi connectivity index (χ3v) is 5.91. The number of aromatic nitrogens is 2. The van der Waals surface area contributed by atoms with Crippen molar-refractivity contribution in [3.63, 3.8) is 0 Å². The number of hydrogen-bond acceptors (Lipinski definition) is 3. The highest BCUT2D eigenvalue weighted by molar-refractivity contribution is 5.37. The number of nitriles is 1. The second-order valence-corrected chi connectivity index (χ2v) is 7.55. The lowest BCUT2D eigenvalue weighted by Crippen LogP contribution is -2.33. The lowest BCUT2D eigenvalue weighted by Gasteiger charge is -2.33. The lowest BCUT2D eigenvalue weighted by atomic mass is 9.85. The molecule has 2 heterocycles. The van der Waals surface area contributed by atoms with E-state index >= 15 is 0 Å². The molecule has 1 saturated carbocycles. The van der Waals surface area contributed by atoms with Crippen molar-refractivity contribution in [2.24, 2.45) is 5.92 Å². The Hall–Kier alpha value is -2.12. The van der Waals surface area contributed by atoms with Crippen molar-refractivity contribution in [3.8, 4) is 6.07 Å². The van der Waals surface area contributed by atoms with Gasteiger partial charge in [-0.15, -0.1) is 0 Å². The van der Waals surface area contributed by atoms with Gasteiger partial charge in [0.15, 0.2) is 0 Å². The van der Waals surface area contributed by atoms with Gasteiger partial charge < -0.3 is 4.57 Å². The molecule has 4 heteroatoms. The molecule has 0 atom stereocenters. The van der Waals surface area contributed by atoms with Crippen molar-refractivity contribution in [1.82, 2.24) is 14.5 Å². The Balaban J connectivity index is 1.36. The van der Waals surface area contributed by atoms with E-state index in [9.17, 15) is 5.26 Å². The van der Waals surface area contributed by atoms with Crippen LogP contribution >= 0.6 is 0 Å². The summed E-state index contributed by atoms with van der Waals surface area (Å²) >= 11 is 0. The van der Waals surface area contributed by atoms with Crippen molar-refractivity contribution in [2.45, 2.75) is 51.1 Å². The molecule has 1 aromatic heterocycles. The molecule has 0 N–H and O–H groups in total. The van der Waals surface area contributed by atoms with Gasteiger partial charge in [-0.05, 0) is 56.3 Å². The molecule has 130 valence electrons. The maximum atomic E-state index is 9.26. The summed E-state index contributed by atoms with van der Waals surface area (Å²) in [6.07, 6.45) is 10.6. The molecule has 2 fully saturated rings. The number of imidazole rings is 1. The van der Waals surface area contributed by atoms with Gasteiger partial charge in [0, 0.05) is 31.4 Å². The summed E-state index contributed by atoms with van der Waals surface area (Å²) in [6.45, 7) is 4.21. The summed E-state index contributed by atoms with van der Waals surface area (Å²) in [5, 5.41) is 9.26. The zero-order chi connectivity index (χ0) is 17.1. The van der Waals surface area contributed by atoms with E-state index in [1.165, 1.54) is 25.1 Å².